The number of β-amino-alcohol motifs (C(OH)–C–C–N with tert-alkyl or cyclic N) is 1. The second-order valence-corrected chi connectivity index (χ2v) is 8.26. The van der Waals surface area contributed by atoms with E-state index in [1.165, 1.54) is 0 Å². The predicted molar refractivity (Wildman–Crippen MR) is 121 cm³/mol. The summed E-state index contributed by atoms with van der Waals surface area (Å²) < 4.78 is 5.45. The Kier molecular flexibility index (Phi) is 6.49. The molecule has 31 heavy (non-hydrogen) atoms. The average molecular weight is 421 g/mol. The van der Waals surface area contributed by atoms with Crippen molar-refractivity contribution in [3.63, 3.8) is 0 Å². The van der Waals surface area contributed by atoms with Crippen LogP contribution in [0.2, 0.25) is 0 Å². The minimum atomic E-state index is -0.411. The molecule has 0 unspecified atom stereocenters. The molecule has 6 heteroatoms. The number of hydrogen-bond donors (Lipinski definition) is 1. The number of carbonyl (C=O) groups is 1. The first-order valence-electron chi connectivity index (χ1n) is 10.8. The third-order valence-electron chi connectivity index (χ3n) is 6.06. The van der Waals surface area contributed by atoms with Crippen molar-refractivity contribution in [2.24, 2.45) is 5.92 Å². The van der Waals surface area contributed by atoms with Crippen LogP contribution in [0.1, 0.15) is 23.2 Å². The molecule has 0 bridgehead atoms. The van der Waals surface area contributed by atoms with E-state index in [4.69, 9.17) is 9.52 Å². The molecule has 1 N–H and O–H groups in total. The van der Waals surface area contributed by atoms with Gasteiger partial charge in [0.2, 0.25) is 0 Å². The fourth-order valence-electron chi connectivity index (χ4n) is 4.31. The van der Waals surface area contributed by atoms with Crippen molar-refractivity contribution in [1.29, 1.82) is 0 Å². The van der Waals surface area contributed by atoms with Crippen molar-refractivity contribution in [3.05, 3.63) is 70.6 Å². The van der Waals surface area contributed by atoms with Gasteiger partial charge in [0.25, 0.3) is 5.91 Å². The molecule has 0 radical (unpaired) electrons. The molecule has 1 saturated heterocycles. The van der Waals surface area contributed by atoms with Crippen molar-refractivity contribution in [3.8, 4) is 11.1 Å². The van der Waals surface area contributed by atoms with Crippen molar-refractivity contribution in [1.82, 2.24) is 9.80 Å². The number of hydrogen-bond acceptors (Lipinski definition) is 5. The summed E-state index contributed by atoms with van der Waals surface area (Å²) in [6, 6.07) is 16.4. The van der Waals surface area contributed by atoms with Crippen molar-refractivity contribution in [2.45, 2.75) is 12.8 Å². The van der Waals surface area contributed by atoms with E-state index in [1.807, 2.05) is 37.4 Å². The molecule has 1 fully saturated rings. The van der Waals surface area contributed by atoms with Gasteiger partial charge in [0, 0.05) is 31.1 Å². The number of amides is 1. The summed E-state index contributed by atoms with van der Waals surface area (Å²) >= 11 is 0. The molecule has 6 nitrogen and oxygen atoms in total. The lowest BCUT2D eigenvalue weighted by Crippen LogP contribution is -2.40. The van der Waals surface area contributed by atoms with Crippen LogP contribution in [0.3, 0.4) is 0 Å². The minimum Gasteiger partial charge on any atom is -0.422 e. The molecule has 162 valence electrons. The van der Waals surface area contributed by atoms with Crippen LogP contribution in [0.25, 0.3) is 22.1 Å². The Hall–Kier alpha value is -2.96. The second kappa shape index (κ2) is 9.45. The molecule has 0 aliphatic carbocycles. The number of likely N-dealkylation sites (tertiary alicyclic amines) is 1. The first-order chi connectivity index (χ1) is 15.0. The minimum absolute atomic E-state index is 0.0511. The maximum Gasteiger partial charge on any atom is 0.344 e. The van der Waals surface area contributed by atoms with E-state index in [-0.39, 0.29) is 12.5 Å². The highest BCUT2D eigenvalue weighted by Crippen LogP contribution is 2.23. The Morgan fingerprint density at radius 2 is 1.90 bits per heavy atom. The van der Waals surface area contributed by atoms with Gasteiger partial charge in [-0.1, -0.05) is 30.3 Å². The average Bonchev–Trinajstić information content (AvgIpc) is 2.79. The fourth-order valence-corrected chi connectivity index (χ4v) is 4.31. The number of aliphatic hydroxyl groups excluding tert-OH is 1. The van der Waals surface area contributed by atoms with Gasteiger partial charge in [-0.05, 0) is 61.7 Å². The Bertz CT molecular complexity index is 1120. The van der Waals surface area contributed by atoms with Crippen LogP contribution in [0, 0.1) is 5.92 Å². The van der Waals surface area contributed by atoms with Gasteiger partial charge in [-0.15, -0.1) is 0 Å². The lowest BCUT2D eigenvalue weighted by Gasteiger charge is -2.33. The molecular formula is C25H28N2O4. The molecule has 1 amide bonds. The normalized spacial score (nSPS) is 15.3. The van der Waals surface area contributed by atoms with E-state index in [0.717, 1.165) is 37.9 Å². The van der Waals surface area contributed by atoms with Gasteiger partial charge in [-0.25, -0.2) is 4.79 Å². The summed E-state index contributed by atoms with van der Waals surface area (Å²) in [5, 5.41) is 9.93. The zero-order chi connectivity index (χ0) is 21.8. The number of fused-ring (bicyclic) bond motifs is 1. The van der Waals surface area contributed by atoms with Crippen LogP contribution in [0.15, 0.2) is 63.8 Å². The molecule has 0 spiro atoms. The second-order valence-electron chi connectivity index (χ2n) is 8.26. The van der Waals surface area contributed by atoms with E-state index >= 15 is 0 Å². The Balaban J connectivity index is 1.49. The molecule has 0 saturated carbocycles. The molecule has 1 aromatic heterocycles. The highest BCUT2D eigenvalue weighted by molar-refractivity contribution is 5.95. The summed E-state index contributed by atoms with van der Waals surface area (Å²) in [6.07, 6.45) is 2.05. The van der Waals surface area contributed by atoms with E-state index < -0.39 is 5.63 Å². The zero-order valence-corrected chi connectivity index (χ0v) is 17.8. The van der Waals surface area contributed by atoms with Gasteiger partial charge in [0.05, 0.1) is 12.2 Å². The predicted octanol–water partition coefficient (Wildman–Crippen LogP) is 3.24. The summed E-state index contributed by atoms with van der Waals surface area (Å²) in [5.41, 5.74) is 1.83. The largest absolute Gasteiger partial charge is 0.422 e. The Labute approximate surface area is 181 Å². The molecule has 0 atom stereocenters. The van der Waals surface area contributed by atoms with Gasteiger partial charge < -0.3 is 19.3 Å². The molecule has 4 rings (SSSR count). The fraction of sp³-hybridized carbons (Fsp3) is 0.360. The van der Waals surface area contributed by atoms with Crippen LogP contribution in [-0.4, -0.2) is 60.6 Å². The van der Waals surface area contributed by atoms with Crippen molar-refractivity contribution >= 4 is 16.9 Å². The summed E-state index contributed by atoms with van der Waals surface area (Å²) in [7, 11) is 1.83. The quantitative estimate of drug-likeness (QED) is 0.620. The molecular weight excluding hydrogens is 392 g/mol. The van der Waals surface area contributed by atoms with E-state index in [1.54, 1.807) is 29.2 Å². The Morgan fingerprint density at radius 3 is 2.68 bits per heavy atom. The SMILES string of the molecule is CN(CC1CCN(CCO)CC1)C(=O)c1cccc(-c2cc3ccccc3oc2=O)c1. The number of aliphatic hydroxyl groups is 1. The molecule has 1 aliphatic heterocycles. The van der Waals surface area contributed by atoms with Crippen molar-refractivity contribution in [2.75, 3.05) is 39.8 Å². The van der Waals surface area contributed by atoms with Gasteiger partial charge in [0.15, 0.2) is 0 Å². The van der Waals surface area contributed by atoms with E-state index in [9.17, 15) is 9.59 Å². The van der Waals surface area contributed by atoms with E-state index in [0.29, 0.717) is 34.7 Å². The number of benzene rings is 2. The lowest BCUT2D eigenvalue weighted by molar-refractivity contribution is 0.0733. The molecule has 2 aromatic carbocycles. The van der Waals surface area contributed by atoms with Gasteiger partial charge in [-0.2, -0.15) is 0 Å². The topological polar surface area (TPSA) is 74.0 Å². The van der Waals surface area contributed by atoms with Crippen molar-refractivity contribution < 1.29 is 14.3 Å². The highest BCUT2D eigenvalue weighted by Gasteiger charge is 2.22. The first-order valence-corrected chi connectivity index (χ1v) is 10.8. The molecule has 1 aliphatic rings. The van der Waals surface area contributed by atoms with Crippen LogP contribution in [0.5, 0.6) is 0 Å². The van der Waals surface area contributed by atoms with Gasteiger partial charge >= 0.3 is 5.63 Å². The number of para-hydroxylation sites is 1. The number of rotatable bonds is 6. The van der Waals surface area contributed by atoms with Gasteiger partial charge in [0.1, 0.15) is 5.58 Å². The third kappa shape index (κ3) is 4.86. The Morgan fingerprint density at radius 1 is 1.13 bits per heavy atom. The van der Waals surface area contributed by atoms with Crippen LogP contribution in [-0.2, 0) is 0 Å². The zero-order valence-electron chi connectivity index (χ0n) is 17.8. The standard InChI is InChI=1S/C25H28N2O4/c1-26(17-18-9-11-27(12-10-18)13-14-28)24(29)21-7-4-6-19(15-21)22-16-20-5-2-3-8-23(20)31-25(22)30/h2-8,15-16,18,28H,9-14,17H2,1H3. The summed E-state index contributed by atoms with van der Waals surface area (Å²) in [4.78, 5) is 29.6. The smallest absolute Gasteiger partial charge is 0.344 e. The number of carbonyl (C=O) groups excluding carboxylic acids is 1. The number of piperidine rings is 1. The highest BCUT2D eigenvalue weighted by atomic mass is 16.4. The lowest BCUT2D eigenvalue weighted by atomic mass is 9.96. The monoisotopic (exact) mass is 420 g/mol. The van der Waals surface area contributed by atoms with Crippen LogP contribution in [0.4, 0.5) is 0 Å². The summed E-state index contributed by atoms with van der Waals surface area (Å²) in [6.45, 7) is 3.53. The van der Waals surface area contributed by atoms with Gasteiger partial charge in [-0.3, -0.25) is 4.79 Å². The number of nitrogens with zero attached hydrogens (tertiary/aromatic N) is 2. The summed E-state index contributed by atoms with van der Waals surface area (Å²) in [5.74, 6) is 0.407. The van der Waals surface area contributed by atoms with E-state index in [2.05, 4.69) is 4.90 Å². The molecule has 3 aromatic rings. The maximum atomic E-state index is 13.0. The maximum absolute atomic E-state index is 13.0. The molecule has 2 heterocycles. The van der Waals surface area contributed by atoms with Crippen LogP contribution < -0.4 is 5.63 Å². The third-order valence-corrected chi connectivity index (χ3v) is 6.06. The first kappa shape index (κ1) is 21.3. The van der Waals surface area contributed by atoms with Crippen LogP contribution >= 0.6 is 0 Å².